The summed E-state index contributed by atoms with van der Waals surface area (Å²) in [6.07, 6.45) is 0. The van der Waals surface area contributed by atoms with Crippen LogP contribution in [0.5, 0.6) is 11.5 Å². The molecule has 1 saturated heterocycles. The van der Waals surface area contributed by atoms with Gasteiger partial charge in [0.25, 0.3) is 0 Å². The highest BCUT2D eigenvalue weighted by atomic mass is 16.5. The predicted octanol–water partition coefficient (Wildman–Crippen LogP) is 1.52. The molecule has 1 aliphatic rings. The molecule has 0 amide bonds. The van der Waals surface area contributed by atoms with E-state index >= 15 is 0 Å². The molecule has 2 rings (SSSR count). The molecule has 1 fully saturated rings. The van der Waals surface area contributed by atoms with Gasteiger partial charge in [-0.25, -0.2) is 0 Å². The maximum atomic E-state index is 11.9. The molecule has 5 heteroatoms. The lowest BCUT2D eigenvalue weighted by Gasteiger charge is -2.18. The van der Waals surface area contributed by atoms with E-state index in [9.17, 15) is 4.79 Å². The fourth-order valence-corrected chi connectivity index (χ4v) is 2.81. The van der Waals surface area contributed by atoms with Gasteiger partial charge in [-0.1, -0.05) is 6.07 Å². The maximum Gasteiger partial charge on any atom is 0.310 e. The molecule has 0 aromatic heterocycles. The Hall–Kier alpha value is -1.75. The summed E-state index contributed by atoms with van der Waals surface area (Å²) in [5.74, 6) is 1.20. The summed E-state index contributed by atoms with van der Waals surface area (Å²) in [6.45, 7) is 1.54. The van der Waals surface area contributed by atoms with Crippen LogP contribution in [0.2, 0.25) is 0 Å². The highest BCUT2D eigenvalue weighted by Gasteiger charge is 2.38. The Kier molecular flexibility index (Phi) is 4.49. The van der Waals surface area contributed by atoms with Gasteiger partial charge in [0.1, 0.15) is 0 Å². The topological polar surface area (TPSA) is 48.0 Å². The van der Waals surface area contributed by atoms with Crippen LogP contribution in [0.3, 0.4) is 0 Å². The number of carbonyl (C=O) groups is 1. The van der Waals surface area contributed by atoms with E-state index in [4.69, 9.17) is 14.2 Å². The SMILES string of the molecule is COC(=O)[C@H]1CN(C)C[C@@H]1c1ccc(OC)c(OC)c1. The van der Waals surface area contributed by atoms with Gasteiger partial charge in [0.15, 0.2) is 11.5 Å². The van der Waals surface area contributed by atoms with E-state index in [-0.39, 0.29) is 17.8 Å². The minimum Gasteiger partial charge on any atom is -0.493 e. The van der Waals surface area contributed by atoms with Crippen molar-refractivity contribution in [1.29, 1.82) is 0 Å². The number of likely N-dealkylation sites (tertiary alicyclic amines) is 1. The third-order valence-corrected chi connectivity index (χ3v) is 3.84. The molecule has 110 valence electrons. The molecule has 0 spiro atoms. The quantitative estimate of drug-likeness (QED) is 0.782. The molecule has 2 atom stereocenters. The molecule has 0 radical (unpaired) electrons. The van der Waals surface area contributed by atoms with Gasteiger partial charge in [0, 0.05) is 19.0 Å². The molecule has 1 aromatic carbocycles. The first-order chi connectivity index (χ1) is 9.60. The second-order valence-corrected chi connectivity index (χ2v) is 5.07. The molecule has 0 unspecified atom stereocenters. The molecule has 1 aliphatic heterocycles. The van der Waals surface area contributed by atoms with Gasteiger partial charge in [-0.05, 0) is 24.7 Å². The second kappa shape index (κ2) is 6.13. The van der Waals surface area contributed by atoms with E-state index in [1.54, 1.807) is 14.2 Å². The van der Waals surface area contributed by atoms with Crippen molar-refractivity contribution < 1.29 is 19.0 Å². The van der Waals surface area contributed by atoms with E-state index in [0.717, 1.165) is 12.1 Å². The third kappa shape index (κ3) is 2.72. The Bertz CT molecular complexity index is 489. The Morgan fingerprint density at radius 1 is 1.15 bits per heavy atom. The number of hydrogen-bond acceptors (Lipinski definition) is 5. The number of ether oxygens (including phenoxy) is 3. The molecule has 1 aromatic rings. The van der Waals surface area contributed by atoms with Crippen LogP contribution in [0.1, 0.15) is 11.5 Å². The number of methoxy groups -OCH3 is 3. The summed E-state index contributed by atoms with van der Waals surface area (Å²) in [7, 11) is 6.67. The lowest BCUT2D eigenvalue weighted by Crippen LogP contribution is -2.23. The van der Waals surface area contributed by atoms with Gasteiger partial charge in [0.05, 0.1) is 27.2 Å². The van der Waals surface area contributed by atoms with Crippen LogP contribution in [0.25, 0.3) is 0 Å². The van der Waals surface area contributed by atoms with Crippen LogP contribution in [0.15, 0.2) is 18.2 Å². The van der Waals surface area contributed by atoms with Crippen molar-refractivity contribution in [2.45, 2.75) is 5.92 Å². The van der Waals surface area contributed by atoms with Crippen LogP contribution in [0, 0.1) is 5.92 Å². The van der Waals surface area contributed by atoms with Gasteiger partial charge in [-0.3, -0.25) is 4.79 Å². The summed E-state index contributed by atoms with van der Waals surface area (Å²) < 4.78 is 15.5. The highest BCUT2D eigenvalue weighted by Crippen LogP contribution is 2.37. The zero-order valence-electron chi connectivity index (χ0n) is 12.4. The summed E-state index contributed by atoms with van der Waals surface area (Å²) in [6, 6.07) is 5.81. The summed E-state index contributed by atoms with van der Waals surface area (Å²) in [5, 5.41) is 0. The normalized spacial score (nSPS) is 22.6. The molecule has 0 N–H and O–H groups in total. The van der Waals surface area contributed by atoms with Crippen LogP contribution < -0.4 is 9.47 Å². The van der Waals surface area contributed by atoms with Crippen molar-refractivity contribution in [3.05, 3.63) is 23.8 Å². The molecular weight excluding hydrogens is 258 g/mol. The molecule has 0 aliphatic carbocycles. The number of carbonyl (C=O) groups excluding carboxylic acids is 1. The number of esters is 1. The largest absolute Gasteiger partial charge is 0.493 e. The average Bonchev–Trinajstić information content (AvgIpc) is 2.87. The van der Waals surface area contributed by atoms with Gasteiger partial charge >= 0.3 is 5.97 Å². The smallest absolute Gasteiger partial charge is 0.310 e. The van der Waals surface area contributed by atoms with Crippen LogP contribution in [0.4, 0.5) is 0 Å². The first-order valence-electron chi connectivity index (χ1n) is 6.59. The summed E-state index contributed by atoms with van der Waals surface area (Å²) in [4.78, 5) is 14.1. The van der Waals surface area contributed by atoms with E-state index in [2.05, 4.69) is 4.90 Å². The van der Waals surface area contributed by atoms with Crippen molar-refractivity contribution in [1.82, 2.24) is 4.90 Å². The van der Waals surface area contributed by atoms with Crippen molar-refractivity contribution in [3.63, 3.8) is 0 Å². The molecular formula is C15H21NO4. The second-order valence-electron chi connectivity index (χ2n) is 5.07. The van der Waals surface area contributed by atoms with Crippen molar-refractivity contribution >= 4 is 5.97 Å². The number of likely N-dealkylation sites (N-methyl/N-ethyl adjacent to an activating group) is 1. The molecule has 20 heavy (non-hydrogen) atoms. The van der Waals surface area contributed by atoms with Gasteiger partial charge in [-0.2, -0.15) is 0 Å². The minimum absolute atomic E-state index is 0.118. The predicted molar refractivity (Wildman–Crippen MR) is 75.3 cm³/mol. The van der Waals surface area contributed by atoms with Gasteiger partial charge < -0.3 is 19.1 Å². The van der Waals surface area contributed by atoms with Crippen LogP contribution >= 0.6 is 0 Å². The zero-order valence-corrected chi connectivity index (χ0v) is 12.4. The Balaban J connectivity index is 2.31. The maximum absolute atomic E-state index is 11.9. The van der Waals surface area contributed by atoms with Crippen molar-refractivity contribution in [2.75, 3.05) is 41.5 Å². The van der Waals surface area contributed by atoms with E-state index in [1.807, 2.05) is 25.2 Å². The lowest BCUT2D eigenvalue weighted by atomic mass is 9.89. The Morgan fingerprint density at radius 3 is 2.45 bits per heavy atom. The fraction of sp³-hybridized carbons (Fsp3) is 0.533. The van der Waals surface area contributed by atoms with E-state index in [1.165, 1.54) is 7.11 Å². The fourth-order valence-electron chi connectivity index (χ4n) is 2.81. The summed E-state index contributed by atoms with van der Waals surface area (Å²) >= 11 is 0. The van der Waals surface area contributed by atoms with Gasteiger partial charge in [0.2, 0.25) is 0 Å². The van der Waals surface area contributed by atoms with Crippen LogP contribution in [-0.2, 0) is 9.53 Å². The molecule has 0 saturated carbocycles. The monoisotopic (exact) mass is 279 g/mol. The first-order valence-corrected chi connectivity index (χ1v) is 6.59. The summed E-state index contributed by atoms with van der Waals surface area (Å²) in [5.41, 5.74) is 1.07. The van der Waals surface area contributed by atoms with E-state index < -0.39 is 0 Å². The lowest BCUT2D eigenvalue weighted by molar-refractivity contribution is -0.145. The average molecular weight is 279 g/mol. The minimum atomic E-state index is -0.158. The molecule has 0 bridgehead atoms. The Morgan fingerprint density at radius 2 is 1.85 bits per heavy atom. The first kappa shape index (κ1) is 14.7. The van der Waals surface area contributed by atoms with Crippen LogP contribution in [-0.4, -0.2) is 52.3 Å². The molecule has 1 heterocycles. The molecule has 5 nitrogen and oxygen atoms in total. The highest BCUT2D eigenvalue weighted by molar-refractivity contribution is 5.74. The third-order valence-electron chi connectivity index (χ3n) is 3.84. The Labute approximate surface area is 119 Å². The number of nitrogens with zero attached hydrogens (tertiary/aromatic N) is 1. The number of benzene rings is 1. The van der Waals surface area contributed by atoms with Crippen molar-refractivity contribution in [2.24, 2.45) is 5.92 Å². The van der Waals surface area contributed by atoms with Crippen molar-refractivity contribution in [3.8, 4) is 11.5 Å². The zero-order chi connectivity index (χ0) is 14.7. The van der Waals surface area contributed by atoms with E-state index in [0.29, 0.717) is 18.0 Å². The number of hydrogen-bond donors (Lipinski definition) is 0. The van der Waals surface area contributed by atoms with Gasteiger partial charge in [-0.15, -0.1) is 0 Å². The number of rotatable bonds is 4. The standard InChI is InChI=1S/C15H21NO4/c1-16-8-11(12(9-16)15(17)20-4)10-5-6-13(18-2)14(7-10)19-3/h5-7,11-12H,8-9H2,1-4H3/t11-,12+/m1/s1.